The van der Waals surface area contributed by atoms with E-state index >= 15 is 0 Å². The van der Waals surface area contributed by atoms with E-state index in [4.69, 9.17) is 4.98 Å². The summed E-state index contributed by atoms with van der Waals surface area (Å²) < 4.78 is 2.96. The van der Waals surface area contributed by atoms with E-state index < -0.39 is 5.60 Å². The Morgan fingerprint density at radius 1 is 1.14 bits per heavy atom. The number of nitrogens with zero attached hydrogens (tertiary/aromatic N) is 2. The van der Waals surface area contributed by atoms with Gasteiger partial charge < -0.3 is 9.67 Å². The number of rotatable bonds is 2. The predicted molar refractivity (Wildman–Crippen MR) is 89.1 cm³/mol. The third kappa shape index (κ3) is 2.49. The summed E-state index contributed by atoms with van der Waals surface area (Å²) in [5.41, 5.74) is 2.97. The highest BCUT2D eigenvalue weighted by Crippen LogP contribution is 2.33. The van der Waals surface area contributed by atoms with E-state index in [0.29, 0.717) is 0 Å². The molecule has 0 unspecified atom stereocenters. The molecule has 21 heavy (non-hydrogen) atoms. The Morgan fingerprint density at radius 2 is 1.81 bits per heavy atom. The van der Waals surface area contributed by atoms with Crippen molar-refractivity contribution in [2.45, 2.75) is 19.4 Å². The summed E-state index contributed by atoms with van der Waals surface area (Å²) in [6, 6.07) is 14.0. The topological polar surface area (TPSA) is 38.0 Å². The Labute approximate surface area is 132 Å². The lowest BCUT2D eigenvalue weighted by Gasteiger charge is -2.18. The molecule has 0 fully saturated rings. The first-order valence-electron chi connectivity index (χ1n) is 6.82. The zero-order valence-electron chi connectivity index (χ0n) is 12.3. The number of hydrogen-bond donors (Lipinski definition) is 1. The lowest BCUT2D eigenvalue weighted by atomic mass is 9.98. The van der Waals surface area contributed by atoms with Gasteiger partial charge in [-0.1, -0.05) is 30.3 Å². The van der Waals surface area contributed by atoms with Gasteiger partial charge in [-0.2, -0.15) is 0 Å². The van der Waals surface area contributed by atoms with Crippen LogP contribution in [0.15, 0.2) is 46.9 Å². The van der Waals surface area contributed by atoms with Crippen LogP contribution in [0.2, 0.25) is 0 Å². The van der Waals surface area contributed by atoms with Crippen LogP contribution in [0.25, 0.3) is 22.4 Å². The summed E-state index contributed by atoms with van der Waals surface area (Å²) in [5.74, 6) is 0.916. The molecule has 3 nitrogen and oxygen atoms in total. The molecular weight excluding hydrogens is 328 g/mol. The molecule has 0 aliphatic carbocycles. The van der Waals surface area contributed by atoms with Gasteiger partial charge in [-0.15, -0.1) is 0 Å². The predicted octanol–water partition coefficient (Wildman–Crippen LogP) is 4.23. The summed E-state index contributed by atoms with van der Waals surface area (Å²) in [7, 11) is 2.00. The smallest absolute Gasteiger partial charge is 0.140 e. The molecule has 0 spiro atoms. The zero-order valence-corrected chi connectivity index (χ0v) is 13.8. The zero-order chi connectivity index (χ0) is 15.2. The number of aryl methyl sites for hydroxylation is 1. The maximum Gasteiger partial charge on any atom is 0.140 e. The molecule has 0 atom stereocenters. The third-order valence-corrected chi connectivity index (χ3v) is 4.28. The monoisotopic (exact) mass is 344 g/mol. The van der Waals surface area contributed by atoms with E-state index in [2.05, 4.69) is 20.5 Å². The van der Waals surface area contributed by atoms with Crippen molar-refractivity contribution in [3.8, 4) is 11.4 Å². The van der Waals surface area contributed by atoms with Gasteiger partial charge in [-0.25, -0.2) is 4.98 Å². The summed E-state index contributed by atoms with van der Waals surface area (Å²) >= 11 is 3.57. The van der Waals surface area contributed by atoms with Gasteiger partial charge in [0.1, 0.15) is 11.3 Å². The van der Waals surface area contributed by atoms with Crippen LogP contribution in [0.1, 0.15) is 19.4 Å². The highest BCUT2D eigenvalue weighted by atomic mass is 79.9. The van der Waals surface area contributed by atoms with Gasteiger partial charge in [0.2, 0.25) is 0 Å². The Hall–Kier alpha value is -1.65. The largest absolute Gasteiger partial charge is 0.386 e. The van der Waals surface area contributed by atoms with Crippen LogP contribution < -0.4 is 0 Å². The SMILES string of the molecule is Cn1c(-c2ccccc2)nc2c(Br)cc(C(C)(C)O)cc21. The molecule has 1 aromatic heterocycles. The number of hydrogen-bond acceptors (Lipinski definition) is 2. The molecule has 0 aliphatic heterocycles. The van der Waals surface area contributed by atoms with Crippen LogP contribution in [-0.4, -0.2) is 14.7 Å². The Balaban J connectivity index is 2.28. The fourth-order valence-electron chi connectivity index (χ4n) is 2.44. The lowest BCUT2D eigenvalue weighted by Crippen LogP contribution is -2.15. The van der Waals surface area contributed by atoms with E-state index in [1.165, 1.54) is 0 Å². The standard InChI is InChI=1S/C17H17BrN2O/c1-17(2,21)12-9-13(18)15-14(10-12)20(3)16(19-15)11-7-5-4-6-8-11/h4-10,21H,1-3H3. The van der Waals surface area contributed by atoms with Crippen molar-refractivity contribution >= 4 is 27.0 Å². The molecular formula is C17H17BrN2O. The molecule has 108 valence electrons. The molecule has 0 radical (unpaired) electrons. The molecule has 0 bridgehead atoms. The number of imidazole rings is 1. The van der Waals surface area contributed by atoms with Crippen molar-refractivity contribution in [1.82, 2.24) is 9.55 Å². The first-order chi connectivity index (χ1) is 9.88. The second kappa shape index (κ2) is 4.97. The number of aromatic nitrogens is 2. The van der Waals surface area contributed by atoms with Crippen molar-refractivity contribution < 1.29 is 5.11 Å². The van der Waals surface area contributed by atoms with Crippen LogP contribution in [0.4, 0.5) is 0 Å². The van der Waals surface area contributed by atoms with Gasteiger partial charge in [0.05, 0.1) is 11.1 Å². The minimum atomic E-state index is -0.881. The van der Waals surface area contributed by atoms with Crippen molar-refractivity contribution in [1.29, 1.82) is 0 Å². The molecule has 4 heteroatoms. The van der Waals surface area contributed by atoms with Gasteiger partial charge in [0, 0.05) is 17.1 Å². The Bertz CT molecular complexity index is 801. The minimum absolute atomic E-state index is 0.865. The summed E-state index contributed by atoms with van der Waals surface area (Å²) in [6.45, 7) is 3.57. The fraction of sp³-hybridized carbons (Fsp3) is 0.235. The van der Waals surface area contributed by atoms with Crippen LogP contribution in [-0.2, 0) is 12.6 Å². The van der Waals surface area contributed by atoms with Crippen molar-refractivity contribution in [3.63, 3.8) is 0 Å². The van der Waals surface area contributed by atoms with E-state index in [1.807, 2.05) is 49.5 Å². The Kier molecular flexibility index (Phi) is 3.38. The van der Waals surface area contributed by atoms with Crippen LogP contribution in [0, 0.1) is 0 Å². The second-order valence-corrected chi connectivity index (χ2v) is 6.60. The van der Waals surface area contributed by atoms with Gasteiger partial charge >= 0.3 is 0 Å². The molecule has 0 aliphatic rings. The van der Waals surface area contributed by atoms with E-state index in [9.17, 15) is 5.11 Å². The summed E-state index contributed by atoms with van der Waals surface area (Å²) in [5, 5.41) is 10.2. The van der Waals surface area contributed by atoms with Crippen LogP contribution in [0.5, 0.6) is 0 Å². The lowest BCUT2D eigenvalue weighted by molar-refractivity contribution is 0.0786. The molecule has 3 rings (SSSR count). The van der Waals surface area contributed by atoms with Crippen LogP contribution >= 0.6 is 15.9 Å². The molecule has 0 saturated carbocycles. The molecule has 3 aromatic rings. The normalized spacial score (nSPS) is 12.0. The number of benzene rings is 2. The van der Waals surface area contributed by atoms with Crippen LogP contribution in [0.3, 0.4) is 0 Å². The third-order valence-electron chi connectivity index (χ3n) is 3.68. The van der Waals surface area contributed by atoms with E-state index in [-0.39, 0.29) is 0 Å². The average molecular weight is 345 g/mol. The van der Waals surface area contributed by atoms with Crippen molar-refractivity contribution in [3.05, 3.63) is 52.5 Å². The molecule has 2 aromatic carbocycles. The first kappa shape index (κ1) is 14.3. The van der Waals surface area contributed by atoms with Gasteiger partial charge in [-0.3, -0.25) is 0 Å². The number of halogens is 1. The summed E-state index contributed by atoms with van der Waals surface area (Å²) in [4.78, 5) is 4.74. The Morgan fingerprint density at radius 3 is 2.43 bits per heavy atom. The first-order valence-corrected chi connectivity index (χ1v) is 7.61. The molecule has 0 saturated heterocycles. The van der Waals surface area contributed by atoms with Gasteiger partial charge in [0.25, 0.3) is 0 Å². The highest BCUT2D eigenvalue weighted by Gasteiger charge is 2.20. The quantitative estimate of drug-likeness (QED) is 0.755. The summed E-state index contributed by atoms with van der Waals surface area (Å²) in [6.07, 6.45) is 0. The van der Waals surface area contributed by atoms with Gasteiger partial charge in [0.15, 0.2) is 0 Å². The molecule has 0 amide bonds. The maximum atomic E-state index is 10.2. The van der Waals surface area contributed by atoms with E-state index in [0.717, 1.165) is 32.5 Å². The number of fused-ring (bicyclic) bond motifs is 1. The average Bonchev–Trinajstić information content (AvgIpc) is 2.77. The van der Waals surface area contributed by atoms with E-state index in [1.54, 1.807) is 13.8 Å². The fourth-order valence-corrected chi connectivity index (χ4v) is 2.98. The minimum Gasteiger partial charge on any atom is -0.386 e. The molecule has 1 heterocycles. The molecule has 1 N–H and O–H groups in total. The second-order valence-electron chi connectivity index (χ2n) is 5.75. The van der Waals surface area contributed by atoms with Crippen molar-refractivity contribution in [2.24, 2.45) is 7.05 Å². The maximum absolute atomic E-state index is 10.2. The van der Waals surface area contributed by atoms with Gasteiger partial charge in [-0.05, 0) is 47.5 Å². The van der Waals surface area contributed by atoms with Crippen molar-refractivity contribution in [2.75, 3.05) is 0 Å². The highest BCUT2D eigenvalue weighted by molar-refractivity contribution is 9.10. The number of aliphatic hydroxyl groups is 1.